The monoisotopic (exact) mass is 744 g/mol. The van der Waals surface area contributed by atoms with Gasteiger partial charge in [-0.2, -0.15) is 4.98 Å². The predicted molar refractivity (Wildman–Crippen MR) is 199 cm³/mol. The Morgan fingerprint density at radius 2 is 1.56 bits per heavy atom. The third kappa shape index (κ3) is 7.80. The highest BCUT2D eigenvalue weighted by atomic mass is 79.9. The van der Waals surface area contributed by atoms with E-state index in [1.165, 1.54) is 0 Å². The number of nitrogens with zero attached hydrogens (tertiary/aromatic N) is 4. The van der Waals surface area contributed by atoms with E-state index < -0.39 is 11.5 Å². The molecule has 0 saturated carbocycles. The minimum Gasteiger partial charge on any atom is -0.493 e. The first kappa shape index (κ1) is 36.8. The number of ether oxygens (including phenoxy) is 5. The largest absolute Gasteiger partial charge is 0.493 e. The van der Waals surface area contributed by atoms with Crippen LogP contribution in [0, 0.1) is 0 Å². The number of pyridine rings is 3. The van der Waals surface area contributed by atoms with E-state index in [-0.39, 0.29) is 6.10 Å². The Hall–Kier alpha value is -4.45. The molecule has 50 heavy (non-hydrogen) atoms. The molecular formula is C39H45BrN4O6. The van der Waals surface area contributed by atoms with E-state index in [0.717, 1.165) is 26.5 Å². The smallest absolute Gasteiger partial charge is 0.217 e. The van der Waals surface area contributed by atoms with E-state index in [1.54, 1.807) is 45.9 Å². The van der Waals surface area contributed by atoms with Crippen LogP contribution >= 0.6 is 15.9 Å². The molecule has 5 aromatic rings. The number of hydrogen-bond acceptors (Lipinski definition) is 10. The maximum Gasteiger partial charge on any atom is 0.217 e. The van der Waals surface area contributed by atoms with Crippen molar-refractivity contribution in [1.82, 2.24) is 19.9 Å². The molecule has 264 valence electrons. The quantitative estimate of drug-likeness (QED) is 0.115. The summed E-state index contributed by atoms with van der Waals surface area (Å²) in [6.07, 6.45) is 3.60. The van der Waals surface area contributed by atoms with Gasteiger partial charge >= 0.3 is 0 Å². The maximum absolute atomic E-state index is 13.6. The van der Waals surface area contributed by atoms with Gasteiger partial charge in [0.05, 0.1) is 45.5 Å². The highest BCUT2D eigenvalue weighted by Gasteiger charge is 2.45. The zero-order valence-electron chi connectivity index (χ0n) is 29.9. The second-order valence-electron chi connectivity index (χ2n) is 12.5. The molecule has 0 radical (unpaired) electrons. The minimum absolute atomic E-state index is 0.161. The van der Waals surface area contributed by atoms with Gasteiger partial charge in [-0.1, -0.05) is 28.1 Å². The van der Waals surface area contributed by atoms with Crippen LogP contribution in [0.25, 0.3) is 22.0 Å². The molecule has 3 aromatic heterocycles. The third-order valence-electron chi connectivity index (χ3n) is 8.47. The Morgan fingerprint density at radius 3 is 2.20 bits per heavy atom. The van der Waals surface area contributed by atoms with Gasteiger partial charge < -0.3 is 33.7 Å². The van der Waals surface area contributed by atoms with Gasteiger partial charge in [0, 0.05) is 57.6 Å². The lowest BCUT2D eigenvalue weighted by Gasteiger charge is -2.39. The number of methoxy groups -OCH3 is 3. The number of halogens is 1. The number of aliphatic hydroxyl groups is 1. The van der Waals surface area contributed by atoms with Gasteiger partial charge in [-0.15, -0.1) is 0 Å². The van der Waals surface area contributed by atoms with Gasteiger partial charge in [-0.05, 0) is 88.8 Å². The summed E-state index contributed by atoms with van der Waals surface area (Å²) in [5.74, 6) is 1.21. The molecule has 11 heteroatoms. The molecule has 2 aromatic carbocycles. The molecule has 0 aliphatic rings. The summed E-state index contributed by atoms with van der Waals surface area (Å²) in [6, 6.07) is 19.3. The van der Waals surface area contributed by atoms with E-state index in [9.17, 15) is 5.11 Å². The lowest BCUT2D eigenvalue weighted by atomic mass is 9.71. The Labute approximate surface area is 302 Å². The van der Waals surface area contributed by atoms with Crippen LogP contribution in [0.15, 0.2) is 77.5 Å². The van der Waals surface area contributed by atoms with Crippen LogP contribution in [-0.4, -0.2) is 79.6 Å². The molecule has 0 fully saturated rings. The molecular weight excluding hydrogens is 700 g/mol. The second-order valence-corrected chi connectivity index (χ2v) is 13.4. The van der Waals surface area contributed by atoms with Crippen LogP contribution in [0.2, 0.25) is 0 Å². The highest BCUT2D eigenvalue weighted by molar-refractivity contribution is 9.10. The summed E-state index contributed by atoms with van der Waals surface area (Å²) in [5, 5.41) is 14.5. The zero-order chi connectivity index (χ0) is 36.0. The Morgan fingerprint density at radius 1 is 0.840 bits per heavy atom. The molecule has 3 heterocycles. The van der Waals surface area contributed by atoms with Crippen molar-refractivity contribution in [1.29, 1.82) is 0 Å². The van der Waals surface area contributed by atoms with Crippen molar-refractivity contribution in [2.45, 2.75) is 44.8 Å². The molecule has 0 spiro atoms. The fraction of sp³-hybridized carbons (Fsp3) is 0.359. The van der Waals surface area contributed by atoms with Gasteiger partial charge in [0.25, 0.3) is 0 Å². The third-order valence-corrected chi connectivity index (χ3v) is 8.96. The van der Waals surface area contributed by atoms with Crippen molar-refractivity contribution < 1.29 is 28.8 Å². The first-order valence-electron chi connectivity index (χ1n) is 16.5. The number of benzene rings is 2. The second kappa shape index (κ2) is 16.1. The zero-order valence-corrected chi connectivity index (χ0v) is 31.4. The van der Waals surface area contributed by atoms with Crippen LogP contribution < -0.4 is 23.7 Å². The SMILES string of the molecule is CCOc1cc([C@](O)(CCN(C)C)[C@@H](c2cc3cc(Br)ccc3nc2OC)c2ccc(-c3ccncc3)c(OC)c2OC)cc(OC(C)C)n1. The van der Waals surface area contributed by atoms with Gasteiger partial charge in [0.1, 0.15) is 5.60 Å². The number of aromatic nitrogens is 3. The first-order valence-corrected chi connectivity index (χ1v) is 17.3. The Balaban J connectivity index is 1.91. The molecule has 0 amide bonds. The summed E-state index contributed by atoms with van der Waals surface area (Å²) < 4.78 is 31.3. The van der Waals surface area contributed by atoms with Gasteiger partial charge in [-0.3, -0.25) is 4.98 Å². The molecule has 0 aliphatic carbocycles. The molecule has 2 atom stereocenters. The van der Waals surface area contributed by atoms with Crippen LogP contribution in [0.4, 0.5) is 0 Å². The van der Waals surface area contributed by atoms with Crippen molar-refractivity contribution in [3.8, 4) is 40.3 Å². The van der Waals surface area contributed by atoms with Crippen molar-refractivity contribution in [2.24, 2.45) is 0 Å². The molecule has 1 N–H and O–H groups in total. The minimum atomic E-state index is -1.63. The highest BCUT2D eigenvalue weighted by Crippen LogP contribution is 2.53. The molecule has 0 bridgehead atoms. The molecule has 10 nitrogen and oxygen atoms in total. The summed E-state index contributed by atoms with van der Waals surface area (Å²) in [6.45, 7) is 6.67. The molecule has 0 unspecified atom stereocenters. The average Bonchev–Trinajstić information content (AvgIpc) is 3.10. The van der Waals surface area contributed by atoms with Crippen LogP contribution in [-0.2, 0) is 5.60 Å². The summed E-state index contributed by atoms with van der Waals surface area (Å²) >= 11 is 3.62. The maximum atomic E-state index is 13.6. The van der Waals surface area contributed by atoms with E-state index in [4.69, 9.17) is 28.7 Å². The van der Waals surface area contributed by atoms with E-state index >= 15 is 0 Å². The fourth-order valence-electron chi connectivity index (χ4n) is 6.28. The summed E-state index contributed by atoms with van der Waals surface area (Å²) in [5.41, 5.74) is 2.71. The summed E-state index contributed by atoms with van der Waals surface area (Å²) in [4.78, 5) is 15.8. The van der Waals surface area contributed by atoms with Crippen LogP contribution in [0.5, 0.6) is 29.1 Å². The lowest BCUT2D eigenvalue weighted by Crippen LogP contribution is -2.38. The number of hydrogen-bond donors (Lipinski definition) is 1. The average molecular weight is 746 g/mol. The number of fused-ring (bicyclic) bond motifs is 1. The normalized spacial score (nSPS) is 13.3. The van der Waals surface area contributed by atoms with E-state index in [1.807, 2.05) is 88.3 Å². The van der Waals surface area contributed by atoms with Crippen molar-refractivity contribution in [2.75, 3.05) is 48.6 Å². The Bertz CT molecular complexity index is 1920. The lowest BCUT2D eigenvalue weighted by molar-refractivity contribution is 0.00249. The fourth-order valence-corrected chi connectivity index (χ4v) is 6.66. The Kier molecular flexibility index (Phi) is 11.8. The molecule has 5 rings (SSSR count). The molecule has 0 saturated heterocycles. The standard InChI is InChI=1S/C39H45BrN4O6/c1-9-49-33-22-27(23-34(43-33)50-24(2)3)39(45,16-19-44(4)5)35(31-21-26-20-28(40)10-13-32(26)42-38(31)48-8)30-12-11-29(25-14-17-41-18-15-25)36(46-6)37(30)47-7/h10-15,17-18,20-24,35,45H,9,16,19H2,1-8H3/t35-,39-/m1/s1. The summed E-state index contributed by atoms with van der Waals surface area (Å²) in [7, 11) is 8.76. The predicted octanol–water partition coefficient (Wildman–Crippen LogP) is 7.64. The first-order chi connectivity index (χ1) is 24.0. The van der Waals surface area contributed by atoms with Crippen LogP contribution in [0.3, 0.4) is 0 Å². The molecule has 0 aliphatic heterocycles. The van der Waals surface area contributed by atoms with Crippen molar-refractivity contribution in [3.05, 3.63) is 94.2 Å². The van der Waals surface area contributed by atoms with Crippen LogP contribution in [0.1, 0.15) is 49.8 Å². The van der Waals surface area contributed by atoms with E-state index in [2.05, 4.69) is 25.9 Å². The van der Waals surface area contributed by atoms with Gasteiger partial charge in [0.15, 0.2) is 11.5 Å². The van der Waals surface area contributed by atoms with Gasteiger partial charge in [0.2, 0.25) is 17.6 Å². The van der Waals surface area contributed by atoms with Crippen molar-refractivity contribution in [3.63, 3.8) is 0 Å². The number of rotatable bonds is 15. The van der Waals surface area contributed by atoms with Crippen molar-refractivity contribution >= 4 is 26.8 Å². The topological polar surface area (TPSA) is 108 Å². The van der Waals surface area contributed by atoms with Gasteiger partial charge in [-0.25, -0.2) is 4.98 Å². The van der Waals surface area contributed by atoms with E-state index in [0.29, 0.717) is 65.4 Å².